The number of nitrogens with zero attached hydrogens (tertiary/aromatic N) is 4. The SMILES string of the molecule is c1ccc(-c2ccc3c4ccccc4n(-c4nc(-c5ccccc5-n5c6ccccc6c6ccccc65)nc5c4oc4ccccc45)c3c2)cc1. The fraction of sp³-hybridized carbons (Fsp3) is 0. The van der Waals surface area contributed by atoms with Gasteiger partial charge in [-0.2, -0.15) is 0 Å². The van der Waals surface area contributed by atoms with Gasteiger partial charge in [0.1, 0.15) is 11.1 Å². The molecule has 0 atom stereocenters. The van der Waals surface area contributed by atoms with E-state index in [1.54, 1.807) is 0 Å². The summed E-state index contributed by atoms with van der Waals surface area (Å²) in [7, 11) is 0. The second-order valence-electron chi connectivity index (χ2n) is 13.0. The Labute approximate surface area is 292 Å². The third kappa shape index (κ3) is 4.09. The quantitative estimate of drug-likeness (QED) is 0.190. The highest BCUT2D eigenvalue weighted by Gasteiger charge is 2.24. The third-order valence-corrected chi connectivity index (χ3v) is 10.2. The number of rotatable bonds is 4. The van der Waals surface area contributed by atoms with E-state index in [0.717, 1.165) is 71.7 Å². The number of benzene rings is 7. The maximum atomic E-state index is 6.68. The van der Waals surface area contributed by atoms with Crippen molar-refractivity contribution in [3.05, 3.63) is 170 Å². The van der Waals surface area contributed by atoms with Crippen molar-refractivity contribution in [3.8, 4) is 34.0 Å². The Bertz CT molecular complexity index is 3090. The summed E-state index contributed by atoms with van der Waals surface area (Å²) in [5.74, 6) is 1.34. The maximum Gasteiger partial charge on any atom is 0.197 e. The Kier molecular flexibility index (Phi) is 5.89. The van der Waals surface area contributed by atoms with Gasteiger partial charge in [-0.25, -0.2) is 9.97 Å². The molecule has 7 aromatic carbocycles. The van der Waals surface area contributed by atoms with Crippen LogP contribution in [0.1, 0.15) is 0 Å². The number of furan rings is 1. The lowest BCUT2D eigenvalue weighted by atomic mass is 10.0. The van der Waals surface area contributed by atoms with E-state index in [0.29, 0.717) is 17.2 Å². The molecule has 11 aromatic rings. The molecule has 0 saturated carbocycles. The summed E-state index contributed by atoms with van der Waals surface area (Å²) < 4.78 is 11.3. The van der Waals surface area contributed by atoms with Gasteiger partial charge in [0.15, 0.2) is 17.2 Å². The maximum absolute atomic E-state index is 6.68. The fourth-order valence-electron chi connectivity index (χ4n) is 7.90. The Hall–Kier alpha value is -6.98. The molecule has 5 nitrogen and oxygen atoms in total. The van der Waals surface area contributed by atoms with Gasteiger partial charge in [-0.15, -0.1) is 0 Å². The Morgan fingerprint density at radius 3 is 1.71 bits per heavy atom. The normalized spacial score (nSPS) is 11.9. The molecule has 0 saturated heterocycles. The van der Waals surface area contributed by atoms with Crippen LogP contribution in [0.5, 0.6) is 0 Å². The first-order valence-corrected chi connectivity index (χ1v) is 17.2. The summed E-state index contributed by atoms with van der Waals surface area (Å²) in [6.45, 7) is 0. The predicted molar refractivity (Wildman–Crippen MR) is 209 cm³/mol. The van der Waals surface area contributed by atoms with Gasteiger partial charge in [-0.05, 0) is 59.7 Å². The first kappa shape index (κ1) is 27.9. The molecule has 5 heteroatoms. The van der Waals surface area contributed by atoms with Gasteiger partial charge in [0, 0.05) is 32.5 Å². The van der Waals surface area contributed by atoms with Crippen molar-refractivity contribution in [3.63, 3.8) is 0 Å². The fourth-order valence-corrected chi connectivity index (χ4v) is 7.90. The van der Waals surface area contributed by atoms with Crippen LogP contribution in [0.3, 0.4) is 0 Å². The Balaban J connectivity index is 1.26. The van der Waals surface area contributed by atoms with Crippen LogP contribution in [-0.4, -0.2) is 19.1 Å². The Morgan fingerprint density at radius 2 is 0.980 bits per heavy atom. The molecular weight excluding hydrogens is 625 g/mol. The van der Waals surface area contributed by atoms with E-state index in [-0.39, 0.29) is 0 Å². The lowest BCUT2D eigenvalue weighted by Crippen LogP contribution is -2.04. The molecular formula is C46H28N4O. The standard InChI is InChI=1S/C46H28N4O/c1-2-14-29(15-3-1)30-26-27-34-33-18-6-11-23-39(33)50(41(34)28-30)46-44-43(36-20-8-13-25-42(36)51-44)47-45(48-46)35-19-7-12-24-40(35)49-37-21-9-4-16-31(37)32-17-5-10-22-38(32)49/h1-28H. The molecule has 0 aliphatic rings. The van der Waals surface area contributed by atoms with Gasteiger partial charge < -0.3 is 8.98 Å². The lowest BCUT2D eigenvalue weighted by Gasteiger charge is -2.15. The van der Waals surface area contributed by atoms with Crippen LogP contribution in [0.2, 0.25) is 0 Å². The number of aromatic nitrogens is 4. The average molecular weight is 653 g/mol. The van der Waals surface area contributed by atoms with Crippen molar-refractivity contribution in [2.24, 2.45) is 0 Å². The van der Waals surface area contributed by atoms with Gasteiger partial charge in [0.2, 0.25) is 0 Å². The summed E-state index contributed by atoms with van der Waals surface area (Å²) in [5.41, 5.74) is 10.8. The lowest BCUT2D eigenvalue weighted by molar-refractivity contribution is 0.662. The number of hydrogen-bond acceptors (Lipinski definition) is 3. The highest BCUT2D eigenvalue weighted by molar-refractivity contribution is 6.13. The highest BCUT2D eigenvalue weighted by Crippen LogP contribution is 2.41. The second kappa shape index (κ2) is 10.8. The molecule has 4 aromatic heterocycles. The molecule has 0 amide bonds. The molecule has 4 heterocycles. The summed E-state index contributed by atoms with van der Waals surface area (Å²) in [6.07, 6.45) is 0. The van der Waals surface area contributed by atoms with Crippen LogP contribution in [0.15, 0.2) is 174 Å². The van der Waals surface area contributed by atoms with Crippen LogP contribution < -0.4 is 0 Å². The minimum absolute atomic E-state index is 0.631. The summed E-state index contributed by atoms with van der Waals surface area (Å²) in [6, 6.07) is 59.5. The zero-order valence-corrected chi connectivity index (χ0v) is 27.4. The van der Waals surface area contributed by atoms with Crippen LogP contribution in [-0.2, 0) is 0 Å². The van der Waals surface area contributed by atoms with E-state index < -0.39 is 0 Å². The van der Waals surface area contributed by atoms with Crippen molar-refractivity contribution in [2.45, 2.75) is 0 Å². The van der Waals surface area contributed by atoms with E-state index in [1.165, 1.54) is 10.8 Å². The molecule has 0 radical (unpaired) electrons. The number of fused-ring (bicyclic) bond motifs is 9. The van der Waals surface area contributed by atoms with Crippen molar-refractivity contribution in [2.75, 3.05) is 0 Å². The first-order valence-electron chi connectivity index (χ1n) is 17.2. The van der Waals surface area contributed by atoms with Gasteiger partial charge in [0.05, 0.1) is 27.8 Å². The second-order valence-corrected chi connectivity index (χ2v) is 13.0. The largest absolute Gasteiger partial charge is 0.450 e. The number of para-hydroxylation sites is 5. The van der Waals surface area contributed by atoms with Gasteiger partial charge in [0.25, 0.3) is 0 Å². The van der Waals surface area contributed by atoms with Gasteiger partial charge in [-0.3, -0.25) is 4.57 Å². The van der Waals surface area contributed by atoms with Crippen molar-refractivity contribution < 1.29 is 4.42 Å². The minimum atomic E-state index is 0.631. The molecule has 51 heavy (non-hydrogen) atoms. The van der Waals surface area contributed by atoms with Crippen molar-refractivity contribution in [1.82, 2.24) is 19.1 Å². The molecule has 0 bridgehead atoms. The average Bonchev–Trinajstić information content (AvgIpc) is 3.85. The van der Waals surface area contributed by atoms with E-state index in [2.05, 4.69) is 161 Å². The molecule has 0 N–H and O–H groups in total. The van der Waals surface area contributed by atoms with Crippen LogP contribution in [0, 0.1) is 0 Å². The van der Waals surface area contributed by atoms with Crippen LogP contribution in [0.25, 0.3) is 99.7 Å². The van der Waals surface area contributed by atoms with Crippen molar-refractivity contribution >= 4 is 65.7 Å². The highest BCUT2D eigenvalue weighted by atomic mass is 16.3. The van der Waals surface area contributed by atoms with Gasteiger partial charge in [-0.1, -0.05) is 121 Å². The molecule has 0 aliphatic carbocycles. The van der Waals surface area contributed by atoms with Crippen LogP contribution in [0.4, 0.5) is 0 Å². The predicted octanol–water partition coefficient (Wildman–Crippen LogP) is 11.9. The monoisotopic (exact) mass is 652 g/mol. The van der Waals surface area contributed by atoms with E-state index in [4.69, 9.17) is 14.4 Å². The first-order chi connectivity index (χ1) is 25.3. The molecule has 0 spiro atoms. The zero-order valence-electron chi connectivity index (χ0n) is 27.4. The third-order valence-electron chi connectivity index (χ3n) is 10.2. The minimum Gasteiger partial charge on any atom is -0.450 e. The van der Waals surface area contributed by atoms with Gasteiger partial charge >= 0.3 is 0 Å². The molecule has 0 unspecified atom stereocenters. The summed E-state index contributed by atoms with van der Waals surface area (Å²) in [5, 5.41) is 5.68. The zero-order chi connectivity index (χ0) is 33.5. The molecule has 11 rings (SSSR count). The number of hydrogen-bond donors (Lipinski definition) is 0. The van der Waals surface area contributed by atoms with Crippen LogP contribution >= 0.6 is 0 Å². The molecule has 0 fully saturated rings. The summed E-state index contributed by atoms with van der Waals surface area (Å²) in [4.78, 5) is 10.8. The molecule has 0 aliphatic heterocycles. The smallest absolute Gasteiger partial charge is 0.197 e. The Morgan fingerprint density at radius 1 is 0.412 bits per heavy atom. The summed E-state index contributed by atoms with van der Waals surface area (Å²) >= 11 is 0. The molecule has 238 valence electrons. The van der Waals surface area contributed by atoms with E-state index >= 15 is 0 Å². The van der Waals surface area contributed by atoms with E-state index in [1.807, 2.05) is 18.2 Å². The topological polar surface area (TPSA) is 48.8 Å². The van der Waals surface area contributed by atoms with Crippen molar-refractivity contribution in [1.29, 1.82) is 0 Å². The van der Waals surface area contributed by atoms with E-state index in [9.17, 15) is 0 Å².